The van der Waals surface area contributed by atoms with Crippen LogP contribution < -0.4 is 5.32 Å². The molecule has 6 rings (SSSR count). The lowest BCUT2D eigenvalue weighted by atomic mass is 9.90. The molecule has 3 aromatic heterocycles. The fraction of sp³-hybridized carbons (Fsp3) is 0.273. The molecule has 1 unspecified atom stereocenters. The van der Waals surface area contributed by atoms with Crippen LogP contribution >= 0.6 is 12.2 Å². The highest BCUT2D eigenvalue weighted by atomic mass is 32.1. The van der Waals surface area contributed by atoms with Crippen LogP contribution in [0.5, 0.6) is 0 Å². The number of benzene rings is 2. The van der Waals surface area contributed by atoms with Crippen molar-refractivity contribution in [2.45, 2.75) is 58.9 Å². The van der Waals surface area contributed by atoms with Crippen molar-refractivity contribution >= 4 is 23.3 Å². The molecule has 0 saturated heterocycles. The van der Waals surface area contributed by atoms with Gasteiger partial charge in [-0.25, -0.2) is 4.98 Å². The van der Waals surface area contributed by atoms with Gasteiger partial charge in [-0.2, -0.15) is 5.26 Å². The number of aromatic amines is 2. The molecule has 3 N–H and O–H groups in total. The van der Waals surface area contributed by atoms with Crippen molar-refractivity contribution in [3.8, 4) is 6.07 Å². The number of rotatable bonds is 9. The van der Waals surface area contributed by atoms with Crippen molar-refractivity contribution in [3.05, 3.63) is 123 Å². The molecule has 0 aliphatic heterocycles. The van der Waals surface area contributed by atoms with Crippen molar-refractivity contribution < 1.29 is 0 Å². The summed E-state index contributed by atoms with van der Waals surface area (Å²) in [5.41, 5.74) is 8.56. The maximum absolute atomic E-state index is 9.07. The zero-order valence-corrected chi connectivity index (χ0v) is 23.0. The number of aryl methyl sites for hydroxylation is 1. The number of pyridine rings is 2. The third kappa shape index (κ3) is 6.60. The van der Waals surface area contributed by atoms with Crippen molar-refractivity contribution in [1.29, 1.82) is 5.26 Å². The lowest BCUT2D eigenvalue weighted by molar-refractivity contribution is 0.153. The van der Waals surface area contributed by atoms with Gasteiger partial charge in [0.25, 0.3) is 0 Å². The number of nitriles is 1. The molecule has 0 amide bonds. The molecular formula is C33H35N7S. The van der Waals surface area contributed by atoms with E-state index in [4.69, 9.17) is 27.4 Å². The molecule has 1 aliphatic rings. The van der Waals surface area contributed by atoms with E-state index in [0.717, 1.165) is 61.4 Å². The van der Waals surface area contributed by atoms with Crippen LogP contribution in [0.1, 0.15) is 65.8 Å². The Hall–Kier alpha value is -4.16. The van der Waals surface area contributed by atoms with Gasteiger partial charge in [-0.3, -0.25) is 9.88 Å². The number of fused-ring (bicyclic) bond motifs is 2. The van der Waals surface area contributed by atoms with Crippen LogP contribution in [0, 0.1) is 16.0 Å². The van der Waals surface area contributed by atoms with E-state index in [9.17, 15) is 0 Å². The molecule has 8 heteroatoms. The van der Waals surface area contributed by atoms with E-state index in [0.29, 0.717) is 16.7 Å². The Balaban J connectivity index is 0.00000337. The number of nitrogens with zero attached hydrogens (tertiary/aromatic N) is 4. The van der Waals surface area contributed by atoms with E-state index in [1.807, 2.05) is 30.5 Å². The lowest BCUT2D eigenvalue weighted by Gasteiger charge is -2.34. The standard InChI is InChI=1S/C32H31N7S.CH4/c33-17-25-14-15-26(36-32(25)40)19-34-18-22-10-12-23(13-11-22)20-39(21-30-37-27-7-1-2-8-28(27)38-30)29-9-3-5-24-6-4-16-35-31(24)29;/h1-2,4,6-8,10-16,29,34H,3,5,9,18-21H2,(H,36,40)(H,37,38);1H4. The second kappa shape index (κ2) is 13.0. The molecule has 0 saturated carbocycles. The van der Waals surface area contributed by atoms with Crippen LogP contribution in [-0.4, -0.2) is 24.8 Å². The summed E-state index contributed by atoms with van der Waals surface area (Å²) in [5, 5.41) is 12.5. The zero-order valence-electron chi connectivity index (χ0n) is 22.2. The van der Waals surface area contributed by atoms with Gasteiger partial charge in [0.1, 0.15) is 16.5 Å². The van der Waals surface area contributed by atoms with Gasteiger partial charge in [0.15, 0.2) is 0 Å². The summed E-state index contributed by atoms with van der Waals surface area (Å²) in [6.45, 7) is 2.93. The van der Waals surface area contributed by atoms with Crippen LogP contribution in [0.4, 0.5) is 0 Å². The molecule has 41 heavy (non-hydrogen) atoms. The van der Waals surface area contributed by atoms with E-state index in [2.05, 4.69) is 68.7 Å². The highest BCUT2D eigenvalue weighted by Crippen LogP contribution is 2.34. The third-order valence-corrected chi connectivity index (χ3v) is 7.86. The van der Waals surface area contributed by atoms with E-state index in [1.54, 1.807) is 6.07 Å². The summed E-state index contributed by atoms with van der Waals surface area (Å²) in [6.07, 6.45) is 5.26. The highest BCUT2D eigenvalue weighted by molar-refractivity contribution is 7.71. The molecule has 1 aliphatic carbocycles. The van der Waals surface area contributed by atoms with Crippen LogP contribution in [0.15, 0.2) is 79.0 Å². The molecule has 0 spiro atoms. The second-order valence-corrected chi connectivity index (χ2v) is 10.7. The number of hydrogen-bond donors (Lipinski definition) is 3. The molecule has 0 radical (unpaired) electrons. The third-order valence-electron chi connectivity index (χ3n) is 7.54. The molecule has 1 atom stereocenters. The Kier molecular flexibility index (Phi) is 9.00. The number of hydrogen-bond acceptors (Lipinski definition) is 6. The number of imidazole rings is 1. The highest BCUT2D eigenvalue weighted by Gasteiger charge is 2.28. The van der Waals surface area contributed by atoms with Crippen LogP contribution in [-0.2, 0) is 32.6 Å². The van der Waals surface area contributed by atoms with Crippen molar-refractivity contribution in [3.63, 3.8) is 0 Å². The van der Waals surface area contributed by atoms with Crippen LogP contribution in [0.3, 0.4) is 0 Å². The Morgan fingerprint density at radius 1 is 0.951 bits per heavy atom. The molecule has 5 aromatic rings. The van der Waals surface area contributed by atoms with E-state index < -0.39 is 0 Å². The average Bonchev–Trinajstić information content (AvgIpc) is 3.40. The molecule has 7 nitrogen and oxygen atoms in total. The molecule has 208 valence electrons. The summed E-state index contributed by atoms with van der Waals surface area (Å²) >= 11 is 5.24. The van der Waals surface area contributed by atoms with Gasteiger partial charge in [0, 0.05) is 31.5 Å². The average molecular weight is 562 g/mol. The van der Waals surface area contributed by atoms with Gasteiger partial charge in [-0.05, 0) is 66.3 Å². The first-order valence-corrected chi connectivity index (χ1v) is 14.1. The Labute approximate surface area is 246 Å². The SMILES string of the molecule is C.N#Cc1ccc(CNCc2ccc(CN(Cc3nc4ccccc4[nH]3)C3CCCc4cccnc43)cc2)[nH]c1=S. The van der Waals surface area contributed by atoms with Gasteiger partial charge < -0.3 is 15.3 Å². The van der Waals surface area contributed by atoms with Gasteiger partial charge in [-0.1, -0.05) is 62.1 Å². The maximum atomic E-state index is 9.07. The predicted molar refractivity (Wildman–Crippen MR) is 165 cm³/mol. The van der Waals surface area contributed by atoms with Crippen LogP contribution in [0.25, 0.3) is 11.0 Å². The number of nitrogens with one attached hydrogen (secondary N) is 3. The lowest BCUT2D eigenvalue weighted by Crippen LogP contribution is -2.31. The molecule has 2 aromatic carbocycles. The monoisotopic (exact) mass is 561 g/mol. The summed E-state index contributed by atoms with van der Waals surface area (Å²) < 4.78 is 0.481. The Morgan fingerprint density at radius 2 is 1.78 bits per heavy atom. The van der Waals surface area contributed by atoms with E-state index in [-0.39, 0.29) is 13.5 Å². The summed E-state index contributed by atoms with van der Waals surface area (Å²) in [7, 11) is 0. The fourth-order valence-corrected chi connectivity index (χ4v) is 5.78. The Bertz CT molecular complexity index is 1680. The minimum Gasteiger partial charge on any atom is -0.348 e. The first kappa shape index (κ1) is 28.4. The first-order valence-electron chi connectivity index (χ1n) is 13.7. The number of H-pyrrole nitrogens is 2. The minimum absolute atomic E-state index is 0. The van der Waals surface area contributed by atoms with Gasteiger partial charge in [0.05, 0.1) is 34.9 Å². The number of aromatic nitrogens is 4. The fourth-order valence-electron chi connectivity index (χ4n) is 5.53. The smallest absolute Gasteiger partial charge is 0.121 e. The van der Waals surface area contributed by atoms with Crippen molar-refractivity contribution in [2.75, 3.05) is 0 Å². The molecular weight excluding hydrogens is 526 g/mol. The summed E-state index contributed by atoms with van der Waals surface area (Å²) in [4.78, 5) is 18.9. The number of para-hydroxylation sites is 2. The maximum Gasteiger partial charge on any atom is 0.121 e. The Morgan fingerprint density at radius 3 is 2.59 bits per heavy atom. The molecule has 0 bridgehead atoms. The van der Waals surface area contributed by atoms with Crippen molar-refractivity contribution in [2.24, 2.45) is 0 Å². The summed E-state index contributed by atoms with van der Waals surface area (Å²) in [6, 6.07) is 27.3. The van der Waals surface area contributed by atoms with E-state index >= 15 is 0 Å². The largest absolute Gasteiger partial charge is 0.348 e. The predicted octanol–water partition coefficient (Wildman–Crippen LogP) is 6.89. The molecule has 3 heterocycles. The normalized spacial score (nSPS) is 14.4. The topological polar surface area (TPSA) is 96.4 Å². The first-order chi connectivity index (χ1) is 19.7. The zero-order chi connectivity index (χ0) is 27.3. The van der Waals surface area contributed by atoms with Gasteiger partial charge in [0.2, 0.25) is 0 Å². The molecule has 0 fully saturated rings. The minimum atomic E-state index is 0. The summed E-state index contributed by atoms with van der Waals surface area (Å²) in [5.74, 6) is 0.979. The van der Waals surface area contributed by atoms with Crippen LogP contribution in [0.2, 0.25) is 0 Å². The van der Waals surface area contributed by atoms with Gasteiger partial charge in [-0.15, -0.1) is 0 Å². The second-order valence-electron chi connectivity index (χ2n) is 10.3. The van der Waals surface area contributed by atoms with Crippen molar-refractivity contribution in [1.82, 2.24) is 30.2 Å². The van der Waals surface area contributed by atoms with E-state index in [1.165, 1.54) is 22.4 Å². The van der Waals surface area contributed by atoms with Gasteiger partial charge >= 0.3 is 0 Å². The quantitative estimate of drug-likeness (QED) is 0.170.